The van der Waals surface area contributed by atoms with Crippen molar-refractivity contribution in [2.75, 3.05) is 0 Å². The lowest BCUT2D eigenvalue weighted by Gasteiger charge is -2.04. The molecular formula is C14H21BCl2. The summed E-state index contributed by atoms with van der Waals surface area (Å²) in [6.07, 6.45) is 9.25. The predicted octanol–water partition coefficient (Wildman–Crippen LogP) is 4.76. The molecule has 0 unspecified atom stereocenters. The minimum absolute atomic E-state index is 0.405. The van der Waals surface area contributed by atoms with Crippen molar-refractivity contribution in [1.29, 1.82) is 0 Å². The summed E-state index contributed by atoms with van der Waals surface area (Å²) in [5, 5.41) is 0. The summed E-state index contributed by atoms with van der Waals surface area (Å²) in [7, 11) is 0. The molecule has 0 aliphatic heterocycles. The van der Waals surface area contributed by atoms with E-state index in [1.807, 2.05) is 12.1 Å². The maximum Gasteiger partial charge on any atom is 0.382 e. The van der Waals surface area contributed by atoms with Crippen molar-refractivity contribution >= 4 is 33.9 Å². The summed E-state index contributed by atoms with van der Waals surface area (Å²) in [6.45, 7) is 2.25. The highest BCUT2D eigenvalue weighted by molar-refractivity contribution is 7.39. The number of hydrogen-bond donors (Lipinski definition) is 0. The van der Waals surface area contributed by atoms with Crippen molar-refractivity contribution < 1.29 is 0 Å². The zero-order valence-corrected chi connectivity index (χ0v) is 12.1. The quantitative estimate of drug-likeness (QED) is 0.472. The first-order valence-corrected chi connectivity index (χ1v) is 7.48. The van der Waals surface area contributed by atoms with E-state index in [-0.39, 0.29) is 0 Å². The van der Waals surface area contributed by atoms with Gasteiger partial charge < -0.3 is 0 Å². The Bertz CT molecular complexity index is 296. The number of aryl methyl sites for hydroxylation is 1. The van der Waals surface area contributed by atoms with Crippen molar-refractivity contribution in [2.24, 2.45) is 0 Å². The van der Waals surface area contributed by atoms with Gasteiger partial charge in [-0.1, -0.05) is 63.3 Å². The molecule has 3 heteroatoms. The average Bonchev–Trinajstić information content (AvgIpc) is 2.34. The van der Waals surface area contributed by atoms with Gasteiger partial charge in [-0.25, -0.2) is 0 Å². The van der Waals surface area contributed by atoms with Gasteiger partial charge in [0, 0.05) is 0 Å². The third kappa shape index (κ3) is 6.38. The fourth-order valence-electron chi connectivity index (χ4n) is 1.94. The molecule has 0 nitrogen and oxygen atoms in total. The van der Waals surface area contributed by atoms with Crippen LogP contribution < -0.4 is 5.46 Å². The SMILES string of the molecule is CCCCCCCCc1ccc(B(Cl)Cl)cc1. The predicted molar refractivity (Wildman–Crippen MR) is 80.6 cm³/mol. The number of hydrogen-bond acceptors (Lipinski definition) is 0. The van der Waals surface area contributed by atoms with Crippen LogP contribution in [0.5, 0.6) is 0 Å². The minimum atomic E-state index is -0.405. The van der Waals surface area contributed by atoms with Gasteiger partial charge >= 0.3 is 5.54 Å². The first-order chi connectivity index (χ1) is 8.24. The molecule has 0 N–H and O–H groups in total. The summed E-state index contributed by atoms with van der Waals surface area (Å²) in [6, 6.07) is 8.33. The van der Waals surface area contributed by atoms with Crippen LogP contribution in [0.1, 0.15) is 51.0 Å². The number of halogens is 2. The van der Waals surface area contributed by atoms with Gasteiger partial charge in [0.05, 0.1) is 0 Å². The summed E-state index contributed by atoms with van der Waals surface area (Å²) < 4.78 is 0. The normalized spacial score (nSPS) is 10.5. The first kappa shape index (κ1) is 14.9. The molecule has 1 aromatic rings. The molecule has 0 aliphatic carbocycles. The highest BCUT2D eigenvalue weighted by Gasteiger charge is 2.08. The van der Waals surface area contributed by atoms with Crippen molar-refractivity contribution in [3.63, 3.8) is 0 Å². The number of rotatable bonds is 8. The first-order valence-electron chi connectivity index (χ1n) is 6.61. The highest BCUT2D eigenvalue weighted by Crippen LogP contribution is 2.09. The van der Waals surface area contributed by atoms with E-state index >= 15 is 0 Å². The van der Waals surface area contributed by atoms with E-state index in [2.05, 4.69) is 19.1 Å². The second-order valence-electron chi connectivity index (χ2n) is 4.56. The van der Waals surface area contributed by atoms with Gasteiger partial charge in [0.1, 0.15) is 0 Å². The van der Waals surface area contributed by atoms with Crippen molar-refractivity contribution in [1.82, 2.24) is 0 Å². The molecule has 17 heavy (non-hydrogen) atoms. The van der Waals surface area contributed by atoms with E-state index in [0.29, 0.717) is 0 Å². The lowest BCUT2D eigenvalue weighted by Crippen LogP contribution is -2.17. The van der Waals surface area contributed by atoms with Crippen molar-refractivity contribution in [3.05, 3.63) is 29.8 Å². The second-order valence-corrected chi connectivity index (χ2v) is 5.66. The van der Waals surface area contributed by atoms with Crippen LogP contribution in [0.15, 0.2) is 24.3 Å². The Kier molecular flexibility index (Phi) is 7.80. The molecule has 0 saturated heterocycles. The molecule has 0 aliphatic rings. The van der Waals surface area contributed by atoms with Gasteiger partial charge in [0.2, 0.25) is 0 Å². The maximum atomic E-state index is 5.80. The zero-order valence-electron chi connectivity index (χ0n) is 10.6. The summed E-state index contributed by atoms with van der Waals surface area (Å²) in [5.74, 6) is 0. The molecule has 0 radical (unpaired) electrons. The van der Waals surface area contributed by atoms with Gasteiger partial charge in [-0.3, -0.25) is 0 Å². The lowest BCUT2D eigenvalue weighted by atomic mass is 9.91. The fourth-order valence-corrected chi connectivity index (χ4v) is 2.23. The van der Waals surface area contributed by atoms with E-state index in [1.54, 1.807) is 0 Å². The van der Waals surface area contributed by atoms with Crippen LogP contribution in [0.25, 0.3) is 0 Å². The van der Waals surface area contributed by atoms with Gasteiger partial charge in [0.15, 0.2) is 0 Å². The molecule has 0 bridgehead atoms. The topological polar surface area (TPSA) is 0 Å². The van der Waals surface area contributed by atoms with Crippen LogP contribution >= 0.6 is 22.9 Å². The van der Waals surface area contributed by atoms with Gasteiger partial charge in [-0.05, 0) is 23.9 Å². The smallest absolute Gasteiger partial charge is 0.165 e. The average molecular weight is 271 g/mol. The van der Waals surface area contributed by atoms with E-state index in [0.717, 1.165) is 5.46 Å². The largest absolute Gasteiger partial charge is 0.382 e. The Morgan fingerprint density at radius 2 is 1.47 bits per heavy atom. The van der Waals surface area contributed by atoms with Gasteiger partial charge in [-0.2, -0.15) is 22.9 Å². The molecule has 1 aromatic carbocycles. The molecular weight excluding hydrogens is 250 g/mol. The third-order valence-electron chi connectivity index (χ3n) is 3.05. The molecule has 0 amide bonds. The molecule has 0 aromatic heterocycles. The molecule has 0 saturated carbocycles. The zero-order chi connectivity index (χ0) is 12.5. The van der Waals surface area contributed by atoms with Crippen molar-refractivity contribution in [2.45, 2.75) is 51.9 Å². The van der Waals surface area contributed by atoms with Crippen LogP contribution in [0.4, 0.5) is 0 Å². The van der Waals surface area contributed by atoms with E-state index in [1.165, 1.54) is 50.5 Å². The second kappa shape index (κ2) is 8.88. The summed E-state index contributed by atoms with van der Waals surface area (Å²) >= 11 is 11.6. The number of benzene rings is 1. The standard InChI is InChI=1S/C14H21BCl2/c1-2-3-4-5-6-7-8-13-9-11-14(12-10-13)15(16)17/h9-12H,2-8H2,1H3. The van der Waals surface area contributed by atoms with Crippen molar-refractivity contribution in [3.8, 4) is 0 Å². The Hall–Kier alpha value is -0.135. The molecule has 0 heterocycles. The number of unbranched alkanes of at least 4 members (excludes halogenated alkanes) is 5. The molecule has 94 valence electrons. The Balaban J connectivity index is 2.19. The monoisotopic (exact) mass is 270 g/mol. The van der Waals surface area contributed by atoms with Crippen LogP contribution in [0.3, 0.4) is 0 Å². The lowest BCUT2D eigenvalue weighted by molar-refractivity contribution is 0.607. The minimum Gasteiger partial charge on any atom is -0.165 e. The highest BCUT2D eigenvalue weighted by atomic mass is 35.5. The third-order valence-corrected chi connectivity index (χ3v) is 3.55. The van der Waals surface area contributed by atoms with E-state index in [4.69, 9.17) is 22.9 Å². The van der Waals surface area contributed by atoms with Gasteiger partial charge in [-0.15, -0.1) is 0 Å². The van der Waals surface area contributed by atoms with E-state index in [9.17, 15) is 0 Å². The van der Waals surface area contributed by atoms with Crippen LogP contribution in [-0.4, -0.2) is 5.54 Å². The van der Waals surface area contributed by atoms with Crippen LogP contribution in [-0.2, 0) is 6.42 Å². The summed E-state index contributed by atoms with van der Waals surface area (Å²) in [4.78, 5) is 0. The van der Waals surface area contributed by atoms with Crippen LogP contribution in [0, 0.1) is 0 Å². The molecule has 0 atom stereocenters. The fraction of sp³-hybridized carbons (Fsp3) is 0.571. The van der Waals surface area contributed by atoms with Crippen LogP contribution in [0.2, 0.25) is 0 Å². The molecule has 1 rings (SSSR count). The Morgan fingerprint density at radius 3 is 2.06 bits per heavy atom. The maximum absolute atomic E-state index is 5.80. The Labute approximate surface area is 116 Å². The Morgan fingerprint density at radius 1 is 0.882 bits per heavy atom. The molecule has 0 fully saturated rings. The molecule has 0 spiro atoms. The summed E-state index contributed by atoms with van der Waals surface area (Å²) in [5.41, 5.74) is 1.97. The van der Waals surface area contributed by atoms with Gasteiger partial charge in [0.25, 0.3) is 0 Å². The van der Waals surface area contributed by atoms with E-state index < -0.39 is 5.54 Å².